The minimum Gasteiger partial charge on any atom is -0.744 e. The molecule has 0 fully saturated rings. The molecule has 292 valence electrons. The highest BCUT2D eigenvalue weighted by molar-refractivity contribution is 7.91. The second-order valence-corrected chi connectivity index (χ2v) is 17.6. The average molecular weight is 800 g/mol. The number of quaternary nitrogens is 1. The van der Waals surface area contributed by atoms with E-state index >= 15 is 0 Å². The van der Waals surface area contributed by atoms with Crippen molar-refractivity contribution >= 4 is 31.6 Å². The fraction of sp³-hybridized carbons (Fsp3) is 0.351. The molecular weight excluding hydrogens is 760 g/mol. The quantitative estimate of drug-likeness (QED) is 0.143. The van der Waals surface area contributed by atoms with Gasteiger partial charge in [-0.25, -0.2) is 30.9 Å². The van der Waals surface area contributed by atoms with Gasteiger partial charge in [-0.05, 0) is 68.3 Å². The molecule has 0 N–H and O–H groups in total. The number of aryl methyl sites for hydroxylation is 2. The first-order chi connectivity index (χ1) is 25.6. The van der Waals surface area contributed by atoms with Crippen molar-refractivity contribution in [3.63, 3.8) is 0 Å². The smallest absolute Gasteiger partial charge is 0.416 e. The highest BCUT2D eigenvalue weighted by atomic mass is 32.2. The third kappa shape index (κ3) is 10.7. The van der Waals surface area contributed by atoms with Crippen molar-refractivity contribution in [1.82, 2.24) is 14.3 Å². The first-order valence-electron chi connectivity index (χ1n) is 16.9. The van der Waals surface area contributed by atoms with Gasteiger partial charge in [-0.3, -0.25) is 4.90 Å². The largest absolute Gasteiger partial charge is 0.744 e. The molecule has 5 rings (SSSR count). The highest BCUT2D eigenvalue weighted by Crippen LogP contribution is 2.42. The molecule has 13 nitrogen and oxygen atoms in total. The Balaban J connectivity index is 0.000000525. The van der Waals surface area contributed by atoms with Gasteiger partial charge in [0.15, 0.2) is 9.84 Å². The molecule has 0 saturated carbocycles. The number of hydrogen-bond donors (Lipinski definition) is 0. The summed E-state index contributed by atoms with van der Waals surface area (Å²) in [6.45, 7) is 4.00. The van der Waals surface area contributed by atoms with E-state index < -0.39 is 43.4 Å². The van der Waals surface area contributed by atoms with Crippen molar-refractivity contribution < 1.29 is 39.0 Å². The molecule has 0 radical (unpaired) electrons. The van der Waals surface area contributed by atoms with Gasteiger partial charge >= 0.3 is 11.9 Å². The van der Waals surface area contributed by atoms with Crippen LogP contribution < -0.4 is 10.6 Å². The number of allylic oxidation sites excluding steroid dienone is 2. The van der Waals surface area contributed by atoms with Gasteiger partial charge in [0.05, 0.1) is 72.9 Å². The molecule has 0 spiro atoms. The lowest BCUT2D eigenvalue weighted by Gasteiger charge is -2.34. The molecule has 1 atom stereocenters. The van der Waals surface area contributed by atoms with Crippen LogP contribution in [0.4, 0.5) is 24.8 Å². The van der Waals surface area contributed by atoms with E-state index in [-0.39, 0.29) is 52.3 Å². The Morgan fingerprint density at radius 2 is 1.51 bits per heavy atom. The maximum Gasteiger partial charge on any atom is 0.416 e. The number of benzene rings is 3. The molecule has 2 heterocycles. The van der Waals surface area contributed by atoms with Gasteiger partial charge < -0.3 is 9.04 Å². The Hall–Kier alpha value is -5.27. The van der Waals surface area contributed by atoms with Crippen molar-refractivity contribution in [2.45, 2.75) is 50.3 Å². The third-order valence-corrected chi connectivity index (χ3v) is 11.3. The molecular formula is C37H40F3N7O6S2. The second-order valence-electron chi connectivity index (χ2n) is 13.9. The minimum absolute atomic E-state index is 0.00977. The van der Waals surface area contributed by atoms with E-state index in [2.05, 4.69) is 11.2 Å². The van der Waals surface area contributed by atoms with Gasteiger partial charge in [-0.2, -0.15) is 23.7 Å². The maximum atomic E-state index is 13.9. The SMILES string of the molecule is CC1=C(C#N)C(c2ccc(C#N)cc2)n2c(nn(CCCS(=O)(=O)CCC[N+](C)(C)C)c2=O)N1c1cccc(C(F)(F)F)c1.Cc1ccc(S(=O)(=O)[O-])cc1. The summed E-state index contributed by atoms with van der Waals surface area (Å²) in [5.41, 5.74) is 0.616. The van der Waals surface area contributed by atoms with E-state index in [1.807, 2.05) is 34.1 Å². The van der Waals surface area contributed by atoms with Gasteiger partial charge in [0.25, 0.3) is 0 Å². The summed E-state index contributed by atoms with van der Waals surface area (Å²) < 4.78 is 100. The Morgan fingerprint density at radius 1 is 0.891 bits per heavy atom. The maximum absolute atomic E-state index is 13.9. The molecule has 18 heteroatoms. The number of aromatic nitrogens is 3. The molecule has 1 aliphatic rings. The van der Waals surface area contributed by atoms with E-state index in [9.17, 15) is 49.9 Å². The molecule has 4 aromatic rings. The zero-order chi connectivity index (χ0) is 40.9. The summed E-state index contributed by atoms with van der Waals surface area (Å²) in [4.78, 5) is 15.0. The Morgan fingerprint density at radius 3 is 2.05 bits per heavy atom. The fourth-order valence-electron chi connectivity index (χ4n) is 5.86. The molecule has 0 aliphatic carbocycles. The Bertz CT molecular complexity index is 2420. The molecule has 55 heavy (non-hydrogen) atoms. The van der Waals surface area contributed by atoms with Crippen molar-refractivity contribution in [3.05, 3.63) is 117 Å². The van der Waals surface area contributed by atoms with Gasteiger partial charge in [-0.1, -0.05) is 35.9 Å². The summed E-state index contributed by atoms with van der Waals surface area (Å²) >= 11 is 0. The molecule has 1 aliphatic heterocycles. The van der Waals surface area contributed by atoms with E-state index in [1.54, 1.807) is 31.2 Å². The fourth-order valence-corrected chi connectivity index (χ4v) is 7.67. The molecule has 0 saturated heterocycles. The van der Waals surface area contributed by atoms with E-state index in [0.717, 1.165) is 22.4 Å². The summed E-state index contributed by atoms with van der Waals surface area (Å²) in [7, 11) is -1.75. The van der Waals surface area contributed by atoms with Crippen LogP contribution in [0.1, 0.15) is 48.1 Å². The number of fused-ring (bicyclic) bond motifs is 1. The number of nitrogens with zero attached hydrogens (tertiary/aromatic N) is 7. The molecule has 1 aromatic heterocycles. The van der Waals surface area contributed by atoms with Crippen molar-refractivity contribution in [2.24, 2.45) is 0 Å². The predicted octanol–water partition coefficient (Wildman–Crippen LogP) is 5.27. The van der Waals surface area contributed by atoms with Gasteiger partial charge in [-0.15, -0.1) is 5.10 Å². The van der Waals surface area contributed by atoms with Crippen LogP contribution >= 0.6 is 0 Å². The number of nitriles is 2. The van der Waals surface area contributed by atoms with Crippen molar-refractivity contribution in [1.29, 1.82) is 10.5 Å². The lowest BCUT2D eigenvalue weighted by atomic mass is 9.94. The van der Waals surface area contributed by atoms with Crippen LogP contribution in [0.15, 0.2) is 93.8 Å². The number of alkyl halides is 3. The number of sulfone groups is 1. The van der Waals surface area contributed by atoms with Crippen molar-refractivity contribution in [2.75, 3.05) is 44.1 Å². The molecule has 1 unspecified atom stereocenters. The molecule has 0 amide bonds. The van der Waals surface area contributed by atoms with Crippen LogP contribution in [0.3, 0.4) is 0 Å². The lowest BCUT2D eigenvalue weighted by Crippen LogP contribution is -2.36. The highest BCUT2D eigenvalue weighted by Gasteiger charge is 2.38. The molecule has 3 aromatic carbocycles. The van der Waals surface area contributed by atoms with Gasteiger partial charge in [0.2, 0.25) is 5.95 Å². The average Bonchev–Trinajstić information content (AvgIpc) is 3.41. The van der Waals surface area contributed by atoms with Crippen LogP contribution in [0.25, 0.3) is 0 Å². The number of rotatable bonds is 11. The van der Waals surface area contributed by atoms with Gasteiger partial charge in [0.1, 0.15) is 16.2 Å². The second kappa shape index (κ2) is 16.6. The summed E-state index contributed by atoms with van der Waals surface area (Å²) in [5.74, 6) is -0.183. The van der Waals surface area contributed by atoms with E-state index in [1.165, 1.54) is 45.9 Å². The Labute approximate surface area is 318 Å². The summed E-state index contributed by atoms with van der Waals surface area (Å²) in [5, 5.41) is 23.9. The number of anilines is 2. The summed E-state index contributed by atoms with van der Waals surface area (Å²) in [6, 6.07) is 19.7. The van der Waals surface area contributed by atoms with Crippen LogP contribution in [-0.2, 0) is 32.7 Å². The number of hydrogen-bond acceptors (Lipinski definition) is 10. The van der Waals surface area contributed by atoms with Crippen LogP contribution in [-0.4, -0.2) is 79.4 Å². The van der Waals surface area contributed by atoms with E-state index in [0.29, 0.717) is 28.6 Å². The lowest BCUT2D eigenvalue weighted by molar-refractivity contribution is -0.870. The van der Waals surface area contributed by atoms with Crippen LogP contribution in [0.2, 0.25) is 0 Å². The van der Waals surface area contributed by atoms with Crippen molar-refractivity contribution in [3.8, 4) is 12.1 Å². The zero-order valence-electron chi connectivity index (χ0n) is 30.8. The first-order valence-corrected chi connectivity index (χ1v) is 20.1. The Kier molecular flexibility index (Phi) is 12.8. The zero-order valence-corrected chi connectivity index (χ0v) is 32.4. The van der Waals surface area contributed by atoms with Gasteiger partial charge in [0, 0.05) is 24.4 Å². The molecule has 0 bridgehead atoms. The monoisotopic (exact) mass is 799 g/mol. The standard InChI is InChI=1S/C30H33F3N7O3S.C7H8O3S/c1-21-26(20-35)27(23-12-10-22(19-34)11-13-23)39-28(38(21)25-9-5-8-24(18-25)30(31,32)33)36-37(29(39)41)14-6-16-44(42,43)17-7-15-40(2,3)4;1-6-2-4-7(5-3-6)11(8,9)10/h5,8-13,18,27H,6-7,14-17H2,1-4H3;2-5H,1H3,(H,8,9,10)/q+1;/p-1. The number of halogens is 3. The first kappa shape index (κ1) is 42.5. The third-order valence-electron chi connectivity index (χ3n) is 8.64. The predicted molar refractivity (Wildman–Crippen MR) is 198 cm³/mol. The van der Waals surface area contributed by atoms with Crippen LogP contribution in [0, 0.1) is 29.6 Å². The van der Waals surface area contributed by atoms with Crippen LogP contribution in [0.5, 0.6) is 0 Å². The summed E-state index contributed by atoms with van der Waals surface area (Å²) in [6.07, 6.45) is -4.06. The van der Waals surface area contributed by atoms with E-state index in [4.69, 9.17) is 0 Å². The topological polar surface area (TPSA) is 182 Å². The normalized spacial score (nSPS) is 14.7. The minimum atomic E-state index is -4.64.